The summed E-state index contributed by atoms with van der Waals surface area (Å²) in [5.41, 5.74) is -0.687. The van der Waals surface area contributed by atoms with Crippen LogP contribution in [-0.2, 0) is 22.2 Å². The van der Waals surface area contributed by atoms with E-state index in [9.17, 15) is 31.5 Å². The number of rotatable bonds is 6. The molecule has 2 aromatic rings. The predicted molar refractivity (Wildman–Crippen MR) is 108 cm³/mol. The molecule has 0 saturated carbocycles. The first-order valence-corrected chi connectivity index (χ1v) is 10.0. The third-order valence-electron chi connectivity index (χ3n) is 5.21. The molecule has 1 aliphatic heterocycles. The first-order valence-electron chi connectivity index (χ1n) is 10.0. The Bertz CT molecular complexity index is 972. The number of hydrogen-bond acceptors (Lipinski definition) is 3. The summed E-state index contributed by atoms with van der Waals surface area (Å²) in [5.74, 6) is -2.61. The number of anilines is 1. The molecule has 1 saturated heterocycles. The van der Waals surface area contributed by atoms with Crippen molar-refractivity contribution in [3.05, 3.63) is 65.2 Å². The Balaban J connectivity index is 1.45. The molecule has 0 aromatic heterocycles. The molecule has 1 N–H and O–H groups in total. The molecule has 0 radical (unpaired) electrons. The number of piperazine rings is 1. The van der Waals surface area contributed by atoms with E-state index in [0.29, 0.717) is 31.7 Å². The average Bonchev–Trinajstić information content (AvgIpc) is 2.74. The molecule has 10 heteroatoms. The largest absolute Gasteiger partial charge is 0.418 e. The lowest BCUT2D eigenvalue weighted by molar-refractivity contribution is -0.137. The normalized spacial score (nSPS) is 15.0. The third kappa shape index (κ3) is 6.25. The van der Waals surface area contributed by atoms with E-state index in [4.69, 9.17) is 0 Å². The molecule has 3 rings (SSSR count). The minimum atomic E-state index is -4.57. The molecule has 0 aliphatic carbocycles. The van der Waals surface area contributed by atoms with Gasteiger partial charge in [-0.15, -0.1) is 0 Å². The first kappa shape index (κ1) is 23.6. The van der Waals surface area contributed by atoms with Crippen molar-refractivity contribution < 1.29 is 31.5 Å². The Morgan fingerprint density at radius 1 is 0.938 bits per heavy atom. The fraction of sp³-hybridized carbons (Fsp3) is 0.364. The van der Waals surface area contributed by atoms with Crippen LogP contribution in [0, 0.1) is 11.6 Å². The summed E-state index contributed by atoms with van der Waals surface area (Å²) in [6.07, 6.45) is -4.16. The molecule has 1 aliphatic rings. The number of nitrogens with one attached hydrogen (secondary N) is 1. The Kier molecular flexibility index (Phi) is 7.44. The van der Waals surface area contributed by atoms with Gasteiger partial charge in [-0.05, 0) is 36.2 Å². The quantitative estimate of drug-likeness (QED) is 0.676. The van der Waals surface area contributed by atoms with E-state index in [2.05, 4.69) is 5.32 Å². The van der Waals surface area contributed by atoms with Crippen molar-refractivity contribution in [2.45, 2.75) is 19.0 Å². The van der Waals surface area contributed by atoms with E-state index < -0.39 is 29.3 Å². The highest BCUT2D eigenvalue weighted by Gasteiger charge is 2.33. The van der Waals surface area contributed by atoms with Crippen LogP contribution in [0.25, 0.3) is 0 Å². The van der Waals surface area contributed by atoms with Crippen LogP contribution < -0.4 is 5.32 Å². The van der Waals surface area contributed by atoms with E-state index in [1.807, 2.05) is 0 Å². The Hall–Kier alpha value is -3.01. The minimum Gasteiger partial charge on any atom is -0.340 e. The second kappa shape index (κ2) is 10.1. The van der Waals surface area contributed by atoms with E-state index in [1.165, 1.54) is 24.3 Å². The number of alkyl halides is 3. The van der Waals surface area contributed by atoms with Gasteiger partial charge in [0, 0.05) is 32.6 Å². The predicted octanol–water partition coefficient (Wildman–Crippen LogP) is 3.70. The summed E-state index contributed by atoms with van der Waals surface area (Å²) in [6, 6.07) is 8.28. The van der Waals surface area contributed by atoms with Crippen molar-refractivity contribution >= 4 is 17.5 Å². The van der Waals surface area contributed by atoms with Gasteiger partial charge in [0.2, 0.25) is 11.8 Å². The van der Waals surface area contributed by atoms with E-state index in [1.54, 1.807) is 9.80 Å². The third-order valence-corrected chi connectivity index (χ3v) is 5.21. The fourth-order valence-corrected chi connectivity index (χ4v) is 3.49. The van der Waals surface area contributed by atoms with Crippen molar-refractivity contribution in [1.82, 2.24) is 9.80 Å². The number of carbonyl (C=O) groups is 2. The number of aryl methyl sites for hydroxylation is 1. The summed E-state index contributed by atoms with van der Waals surface area (Å²) in [5, 5.41) is 2.31. The van der Waals surface area contributed by atoms with Gasteiger partial charge in [-0.2, -0.15) is 13.2 Å². The molecule has 172 valence electrons. The summed E-state index contributed by atoms with van der Waals surface area (Å²) in [4.78, 5) is 28.0. The smallest absolute Gasteiger partial charge is 0.340 e. The lowest BCUT2D eigenvalue weighted by Crippen LogP contribution is -2.50. The monoisotopic (exact) mass is 455 g/mol. The molecule has 32 heavy (non-hydrogen) atoms. The second-order valence-electron chi connectivity index (χ2n) is 7.50. The van der Waals surface area contributed by atoms with Crippen LogP contribution in [0.15, 0.2) is 42.5 Å². The molecule has 0 bridgehead atoms. The number of nitrogens with zero attached hydrogens (tertiary/aromatic N) is 2. The van der Waals surface area contributed by atoms with Gasteiger partial charge >= 0.3 is 6.18 Å². The van der Waals surface area contributed by atoms with Crippen molar-refractivity contribution in [3.63, 3.8) is 0 Å². The Morgan fingerprint density at radius 3 is 2.28 bits per heavy atom. The molecule has 0 atom stereocenters. The van der Waals surface area contributed by atoms with Gasteiger partial charge in [0.15, 0.2) is 11.6 Å². The Morgan fingerprint density at radius 2 is 1.62 bits per heavy atom. The standard InChI is InChI=1S/C22H22F5N3O2/c23-17-7-5-15(13-18(17)24)6-8-21(32)30-11-9-29(10-12-30)14-20(31)28-19-4-2-1-3-16(19)22(25,26)27/h1-5,7,13H,6,8-12,14H2,(H,28,31). The van der Waals surface area contributed by atoms with Gasteiger partial charge in [0.1, 0.15) is 0 Å². The molecule has 2 amide bonds. The SMILES string of the molecule is O=C(CN1CCN(C(=O)CCc2ccc(F)c(F)c2)CC1)Nc1ccccc1C(F)(F)F. The first-order chi connectivity index (χ1) is 15.1. The molecule has 2 aromatic carbocycles. The van der Waals surface area contributed by atoms with Gasteiger partial charge in [-0.3, -0.25) is 14.5 Å². The summed E-state index contributed by atoms with van der Waals surface area (Å²) < 4.78 is 65.4. The number of carbonyl (C=O) groups excluding carboxylic acids is 2. The minimum absolute atomic E-state index is 0.0942. The van der Waals surface area contributed by atoms with Crippen molar-refractivity contribution in [2.24, 2.45) is 0 Å². The van der Waals surface area contributed by atoms with Gasteiger partial charge in [0.25, 0.3) is 0 Å². The molecule has 0 unspecified atom stereocenters. The fourth-order valence-electron chi connectivity index (χ4n) is 3.49. The number of hydrogen-bond donors (Lipinski definition) is 1. The summed E-state index contributed by atoms with van der Waals surface area (Å²) in [6.45, 7) is 1.42. The van der Waals surface area contributed by atoms with Crippen molar-refractivity contribution in [3.8, 4) is 0 Å². The molecule has 1 fully saturated rings. The van der Waals surface area contributed by atoms with E-state index in [-0.39, 0.29) is 31.0 Å². The van der Waals surface area contributed by atoms with Crippen LogP contribution in [0.1, 0.15) is 17.5 Å². The maximum absolute atomic E-state index is 13.3. The van der Waals surface area contributed by atoms with Crippen molar-refractivity contribution in [1.29, 1.82) is 0 Å². The van der Waals surface area contributed by atoms with Crippen LogP contribution in [0.5, 0.6) is 0 Å². The van der Waals surface area contributed by atoms with Gasteiger partial charge in [-0.1, -0.05) is 18.2 Å². The molecular formula is C22H22F5N3O2. The molecule has 0 spiro atoms. The lowest BCUT2D eigenvalue weighted by Gasteiger charge is -2.34. The number of amides is 2. The van der Waals surface area contributed by atoms with Gasteiger partial charge in [0.05, 0.1) is 17.8 Å². The molecular weight excluding hydrogens is 433 g/mol. The lowest BCUT2D eigenvalue weighted by atomic mass is 10.1. The topological polar surface area (TPSA) is 52.7 Å². The maximum atomic E-state index is 13.3. The number of halogens is 5. The summed E-state index contributed by atoms with van der Waals surface area (Å²) in [7, 11) is 0. The highest BCUT2D eigenvalue weighted by Crippen LogP contribution is 2.34. The number of para-hydroxylation sites is 1. The van der Waals surface area contributed by atoms with Crippen molar-refractivity contribution in [2.75, 3.05) is 38.0 Å². The van der Waals surface area contributed by atoms with Crippen LogP contribution in [0.2, 0.25) is 0 Å². The van der Waals surface area contributed by atoms with Crippen LogP contribution in [0.4, 0.5) is 27.6 Å². The average molecular weight is 455 g/mol. The maximum Gasteiger partial charge on any atom is 0.418 e. The summed E-state index contributed by atoms with van der Waals surface area (Å²) >= 11 is 0. The zero-order chi connectivity index (χ0) is 23.3. The second-order valence-corrected chi connectivity index (χ2v) is 7.50. The van der Waals surface area contributed by atoms with Crippen LogP contribution in [0.3, 0.4) is 0 Å². The molecule has 5 nitrogen and oxygen atoms in total. The zero-order valence-electron chi connectivity index (χ0n) is 17.1. The highest BCUT2D eigenvalue weighted by atomic mass is 19.4. The zero-order valence-corrected chi connectivity index (χ0v) is 17.1. The molecule has 1 heterocycles. The van der Waals surface area contributed by atoms with Gasteiger partial charge in [-0.25, -0.2) is 8.78 Å². The van der Waals surface area contributed by atoms with Crippen LogP contribution >= 0.6 is 0 Å². The Labute approximate surface area is 181 Å². The highest BCUT2D eigenvalue weighted by molar-refractivity contribution is 5.93. The number of benzene rings is 2. The van der Waals surface area contributed by atoms with E-state index >= 15 is 0 Å². The van der Waals surface area contributed by atoms with Gasteiger partial charge < -0.3 is 10.2 Å². The van der Waals surface area contributed by atoms with E-state index in [0.717, 1.165) is 18.2 Å². The van der Waals surface area contributed by atoms with Crippen LogP contribution in [-0.4, -0.2) is 54.3 Å².